The van der Waals surface area contributed by atoms with Crippen LogP contribution in [0.2, 0.25) is 15.1 Å². The number of hydrogen-bond acceptors (Lipinski definition) is 0. The van der Waals surface area contributed by atoms with E-state index in [1.165, 1.54) is 18.2 Å². The average molecular weight is 330 g/mol. The summed E-state index contributed by atoms with van der Waals surface area (Å²) in [4.78, 5) is 0. The second-order valence-electron chi connectivity index (χ2n) is 3.54. The third-order valence-electron chi connectivity index (χ3n) is 2.42. The van der Waals surface area contributed by atoms with Gasteiger partial charge in [-0.25, -0.2) is 17.6 Å². The lowest BCUT2D eigenvalue weighted by atomic mass is 10.0. The zero-order chi connectivity index (χ0) is 14.3. The van der Waals surface area contributed by atoms with Crippen LogP contribution in [0.4, 0.5) is 17.6 Å². The summed E-state index contributed by atoms with van der Waals surface area (Å²) in [7, 11) is 0. The molecule has 0 spiro atoms. The van der Waals surface area contributed by atoms with Crippen molar-refractivity contribution in [3.05, 3.63) is 56.5 Å². The van der Waals surface area contributed by atoms with Gasteiger partial charge in [-0.15, -0.1) is 0 Å². The van der Waals surface area contributed by atoms with Crippen molar-refractivity contribution in [3.63, 3.8) is 0 Å². The summed E-state index contributed by atoms with van der Waals surface area (Å²) in [6.07, 6.45) is 0. The molecule has 0 fully saturated rings. The Morgan fingerprint density at radius 3 is 1.47 bits per heavy atom. The molecule has 2 rings (SSSR count). The molecule has 0 saturated heterocycles. The van der Waals surface area contributed by atoms with Gasteiger partial charge in [-0.1, -0.05) is 40.9 Å². The van der Waals surface area contributed by atoms with Gasteiger partial charge in [0.1, 0.15) is 5.02 Å². The molecule has 0 atom stereocenters. The van der Waals surface area contributed by atoms with Crippen molar-refractivity contribution in [2.75, 3.05) is 0 Å². The molecule has 0 amide bonds. The van der Waals surface area contributed by atoms with Gasteiger partial charge in [0.2, 0.25) is 0 Å². The highest BCUT2D eigenvalue weighted by molar-refractivity contribution is 6.39. The SMILES string of the molecule is Fc1c(F)c(-c2c(Cl)cccc2Cl)c(F)c(F)c1Cl. The fourth-order valence-corrected chi connectivity index (χ4v) is 2.31. The number of halogens is 7. The molecule has 0 bridgehead atoms. The third-order valence-corrected chi connectivity index (χ3v) is 3.38. The molecule has 0 N–H and O–H groups in total. The van der Waals surface area contributed by atoms with Crippen molar-refractivity contribution in [2.45, 2.75) is 0 Å². The van der Waals surface area contributed by atoms with Crippen LogP contribution in [0.15, 0.2) is 18.2 Å². The first-order valence-electron chi connectivity index (χ1n) is 4.82. The van der Waals surface area contributed by atoms with Gasteiger partial charge in [-0.3, -0.25) is 0 Å². The van der Waals surface area contributed by atoms with E-state index in [1.807, 2.05) is 0 Å². The molecular formula is C12H3Cl3F4. The number of rotatable bonds is 1. The fraction of sp³-hybridized carbons (Fsp3) is 0. The standard InChI is InChI=1S/C12H3Cl3F4/c13-4-2-1-3-5(14)6(4)7-9(16)11(18)8(15)12(19)10(7)17/h1-3H. The van der Waals surface area contributed by atoms with E-state index in [1.54, 1.807) is 0 Å². The maximum Gasteiger partial charge on any atom is 0.181 e. The molecule has 2 aromatic rings. The Morgan fingerprint density at radius 2 is 1.05 bits per heavy atom. The highest BCUT2D eigenvalue weighted by atomic mass is 35.5. The molecule has 0 aliphatic rings. The molecule has 0 aromatic heterocycles. The zero-order valence-corrected chi connectivity index (χ0v) is 11.1. The Balaban J connectivity index is 2.92. The molecule has 19 heavy (non-hydrogen) atoms. The highest BCUT2D eigenvalue weighted by Crippen LogP contribution is 2.40. The molecule has 0 heterocycles. The van der Waals surface area contributed by atoms with Crippen molar-refractivity contribution in [2.24, 2.45) is 0 Å². The van der Waals surface area contributed by atoms with Crippen LogP contribution in [-0.2, 0) is 0 Å². The lowest BCUT2D eigenvalue weighted by Gasteiger charge is -2.11. The van der Waals surface area contributed by atoms with E-state index >= 15 is 0 Å². The Hall–Kier alpha value is -0.970. The summed E-state index contributed by atoms with van der Waals surface area (Å²) in [6.45, 7) is 0. The van der Waals surface area contributed by atoms with Crippen molar-refractivity contribution in [1.82, 2.24) is 0 Å². The van der Waals surface area contributed by atoms with Crippen molar-refractivity contribution in [1.29, 1.82) is 0 Å². The molecule has 0 unspecified atom stereocenters. The van der Waals surface area contributed by atoms with E-state index < -0.39 is 33.9 Å². The number of hydrogen-bond donors (Lipinski definition) is 0. The second kappa shape index (κ2) is 5.19. The van der Waals surface area contributed by atoms with Crippen LogP contribution >= 0.6 is 34.8 Å². The molecule has 0 aliphatic carbocycles. The van der Waals surface area contributed by atoms with E-state index in [2.05, 4.69) is 0 Å². The Morgan fingerprint density at radius 1 is 0.632 bits per heavy atom. The van der Waals surface area contributed by atoms with Crippen LogP contribution in [0.5, 0.6) is 0 Å². The van der Waals surface area contributed by atoms with Crippen LogP contribution in [0.1, 0.15) is 0 Å². The summed E-state index contributed by atoms with van der Waals surface area (Å²) in [5.41, 5.74) is -1.33. The third kappa shape index (κ3) is 2.29. The maximum atomic E-state index is 13.8. The summed E-state index contributed by atoms with van der Waals surface area (Å²) >= 11 is 16.6. The van der Waals surface area contributed by atoms with Gasteiger partial charge >= 0.3 is 0 Å². The van der Waals surface area contributed by atoms with Gasteiger partial charge < -0.3 is 0 Å². The summed E-state index contributed by atoms with van der Waals surface area (Å²) in [5, 5.41) is -1.56. The van der Waals surface area contributed by atoms with E-state index in [0.29, 0.717) is 0 Å². The predicted octanol–water partition coefficient (Wildman–Crippen LogP) is 5.87. The van der Waals surface area contributed by atoms with Crippen molar-refractivity contribution < 1.29 is 17.6 Å². The Bertz CT molecular complexity index is 621. The second-order valence-corrected chi connectivity index (χ2v) is 4.73. The molecular weight excluding hydrogens is 326 g/mol. The molecule has 0 nitrogen and oxygen atoms in total. The van der Waals surface area contributed by atoms with E-state index in [-0.39, 0.29) is 15.6 Å². The van der Waals surface area contributed by atoms with Gasteiger partial charge in [0, 0.05) is 5.56 Å². The lowest BCUT2D eigenvalue weighted by molar-refractivity contribution is 0.459. The minimum Gasteiger partial charge on any atom is -0.203 e. The fourth-order valence-electron chi connectivity index (χ4n) is 1.56. The molecule has 2 aromatic carbocycles. The maximum absolute atomic E-state index is 13.8. The lowest BCUT2D eigenvalue weighted by Crippen LogP contribution is -2.01. The van der Waals surface area contributed by atoms with Gasteiger partial charge in [-0.05, 0) is 12.1 Å². The summed E-state index contributed by atoms with van der Waals surface area (Å²) in [6, 6.07) is 3.99. The highest BCUT2D eigenvalue weighted by Gasteiger charge is 2.27. The van der Waals surface area contributed by atoms with Crippen LogP contribution in [0.3, 0.4) is 0 Å². The largest absolute Gasteiger partial charge is 0.203 e. The first kappa shape index (κ1) is 14.4. The molecule has 7 heteroatoms. The first-order valence-corrected chi connectivity index (χ1v) is 5.95. The minimum absolute atomic E-state index is 0.147. The smallest absolute Gasteiger partial charge is 0.181 e. The first-order chi connectivity index (χ1) is 8.86. The van der Waals surface area contributed by atoms with E-state index in [4.69, 9.17) is 34.8 Å². The molecule has 0 saturated carbocycles. The van der Waals surface area contributed by atoms with Crippen LogP contribution in [0, 0.1) is 23.3 Å². The van der Waals surface area contributed by atoms with Crippen molar-refractivity contribution in [3.8, 4) is 11.1 Å². The van der Waals surface area contributed by atoms with Crippen LogP contribution < -0.4 is 0 Å². The topological polar surface area (TPSA) is 0 Å². The molecule has 0 radical (unpaired) electrons. The van der Waals surface area contributed by atoms with Gasteiger partial charge in [0.25, 0.3) is 0 Å². The zero-order valence-electron chi connectivity index (χ0n) is 8.88. The minimum atomic E-state index is -1.70. The normalized spacial score (nSPS) is 10.9. The monoisotopic (exact) mass is 328 g/mol. The van der Waals surface area contributed by atoms with Crippen LogP contribution in [-0.4, -0.2) is 0 Å². The summed E-state index contributed by atoms with van der Waals surface area (Å²) < 4.78 is 54.3. The quantitative estimate of drug-likeness (QED) is 0.349. The van der Waals surface area contributed by atoms with Crippen molar-refractivity contribution >= 4 is 34.8 Å². The van der Waals surface area contributed by atoms with Gasteiger partial charge in [-0.2, -0.15) is 0 Å². The Labute approximate surface area is 120 Å². The van der Waals surface area contributed by atoms with Crippen LogP contribution in [0.25, 0.3) is 11.1 Å². The number of benzene rings is 2. The van der Waals surface area contributed by atoms with Gasteiger partial charge in [0.15, 0.2) is 23.3 Å². The Kier molecular flexibility index (Phi) is 3.95. The molecule has 100 valence electrons. The van der Waals surface area contributed by atoms with Gasteiger partial charge in [0.05, 0.1) is 15.6 Å². The average Bonchev–Trinajstić information content (AvgIpc) is 2.37. The van der Waals surface area contributed by atoms with E-state index in [9.17, 15) is 17.6 Å². The van der Waals surface area contributed by atoms with E-state index in [0.717, 1.165) is 0 Å². The predicted molar refractivity (Wildman–Crippen MR) is 66.7 cm³/mol. The molecule has 0 aliphatic heterocycles. The summed E-state index contributed by atoms with van der Waals surface area (Å²) in [5.74, 6) is -6.71.